The topological polar surface area (TPSA) is 58.2 Å². The summed E-state index contributed by atoms with van der Waals surface area (Å²) in [4.78, 5) is 25.2. The molecule has 0 unspecified atom stereocenters. The Morgan fingerprint density at radius 2 is 1.87 bits per heavy atom. The lowest BCUT2D eigenvalue weighted by Gasteiger charge is -2.21. The molecule has 6 heteroatoms. The second-order valence-electron chi connectivity index (χ2n) is 5.49. The molecule has 2 rings (SSSR count). The Balaban J connectivity index is 1.89. The van der Waals surface area contributed by atoms with Crippen LogP contribution in [0.15, 0.2) is 46.3 Å². The molecular formula is C17H19BrN2O2S. The summed E-state index contributed by atoms with van der Waals surface area (Å²) < 4.78 is 0.905. The van der Waals surface area contributed by atoms with Crippen LogP contribution < -0.4 is 10.6 Å². The molecule has 0 aliphatic heterocycles. The zero-order valence-corrected chi connectivity index (χ0v) is 15.4. The number of rotatable bonds is 6. The largest absolute Gasteiger partial charge is 0.347 e. The molecule has 122 valence electrons. The van der Waals surface area contributed by atoms with E-state index in [1.807, 2.05) is 17.5 Å². The number of benzene rings is 1. The first-order valence-corrected chi connectivity index (χ1v) is 9.01. The fourth-order valence-electron chi connectivity index (χ4n) is 2.12. The molecule has 0 saturated carbocycles. The maximum atomic E-state index is 12.1. The number of amides is 2. The summed E-state index contributed by atoms with van der Waals surface area (Å²) in [5, 5.41) is 7.62. The van der Waals surface area contributed by atoms with E-state index >= 15 is 0 Å². The summed E-state index contributed by atoms with van der Waals surface area (Å²) in [7, 11) is 0. The molecule has 1 aromatic carbocycles. The predicted molar refractivity (Wildman–Crippen MR) is 96.5 cm³/mol. The SMILES string of the molecule is CC(C)[C@@H](NC(=O)CNC(=O)c1ccc(Br)cc1)c1cccs1. The van der Waals surface area contributed by atoms with Gasteiger partial charge in [-0.05, 0) is 41.6 Å². The Labute approximate surface area is 148 Å². The van der Waals surface area contributed by atoms with Gasteiger partial charge in [-0.15, -0.1) is 11.3 Å². The molecule has 0 aliphatic carbocycles. The Morgan fingerprint density at radius 1 is 1.17 bits per heavy atom. The fraction of sp³-hybridized carbons (Fsp3) is 0.294. The van der Waals surface area contributed by atoms with Crippen LogP contribution in [0.2, 0.25) is 0 Å². The lowest BCUT2D eigenvalue weighted by atomic mass is 10.0. The van der Waals surface area contributed by atoms with Gasteiger partial charge in [0.05, 0.1) is 12.6 Å². The van der Waals surface area contributed by atoms with Gasteiger partial charge >= 0.3 is 0 Å². The molecule has 2 N–H and O–H groups in total. The summed E-state index contributed by atoms with van der Waals surface area (Å²) >= 11 is 4.94. The molecule has 23 heavy (non-hydrogen) atoms. The molecule has 0 bridgehead atoms. The smallest absolute Gasteiger partial charge is 0.251 e. The van der Waals surface area contributed by atoms with Crippen molar-refractivity contribution in [1.29, 1.82) is 0 Å². The molecule has 4 nitrogen and oxygen atoms in total. The molecule has 0 aliphatic rings. The minimum Gasteiger partial charge on any atom is -0.347 e. The average Bonchev–Trinajstić information content (AvgIpc) is 3.04. The molecule has 1 aromatic heterocycles. The molecule has 0 saturated heterocycles. The minimum atomic E-state index is -0.259. The van der Waals surface area contributed by atoms with Crippen molar-refractivity contribution < 1.29 is 9.59 Å². The molecular weight excluding hydrogens is 376 g/mol. The third kappa shape index (κ3) is 5.18. The lowest BCUT2D eigenvalue weighted by Crippen LogP contribution is -2.39. The van der Waals surface area contributed by atoms with Crippen LogP contribution in [0.4, 0.5) is 0 Å². The number of hydrogen-bond donors (Lipinski definition) is 2. The predicted octanol–water partition coefficient (Wildman–Crippen LogP) is 3.75. The van der Waals surface area contributed by atoms with E-state index in [0.29, 0.717) is 5.56 Å². The maximum Gasteiger partial charge on any atom is 0.251 e. The molecule has 0 spiro atoms. The van der Waals surface area contributed by atoms with Gasteiger partial charge in [0.25, 0.3) is 5.91 Å². The van der Waals surface area contributed by atoms with Crippen LogP contribution in [0.25, 0.3) is 0 Å². The van der Waals surface area contributed by atoms with Gasteiger partial charge in [-0.1, -0.05) is 35.8 Å². The zero-order chi connectivity index (χ0) is 16.8. The van der Waals surface area contributed by atoms with Crippen molar-refractivity contribution >= 4 is 39.1 Å². The Morgan fingerprint density at radius 3 is 2.43 bits per heavy atom. The third-order valence-electron chi connectivity index (χ3n) is 3.35. The van der Waals surface area contributed by atoms with E-state index in [1.54, 1.807) is 35.6 Å². The van der Waals surface area contributed by atoms with Crippen molar-refractivity contribution in [3.63, 3.8) is 0 Å². The van der Waals surface area contributed by atoms with Crippen LogP contribution >= 0.6 is 27.3 Å². The highest BCUT2D eigenvalue weighted by Crippen LogP contribution is 2.25. The van der Waals surface area contributed by atoms with E-state index in [9.17, 15) is 9.59 Å². The van der Waals surface area contributed by atoms with Gasteiger partial charge in [0.2, 0.25) is 5.91 Å². The van der Waals surface area contributed by atoms with Crippen molar-refractivity contribution in [2.75, 3.05) is 6.54 Å². The summed E-state index contributed by atoms with van der Waals surface area (Å²) in [5.74, 6) is -0.174. The van der Waals surface area contributed by atoms with Gasteiger partial charge in [0, 0.05) is 14.9 Å². The molecule has 0 fully saturated rings. The van der Waals surface area contributed by atoms with Crippen molar-refractivity contribution in [3.8, 4) is 0 Å². The van der Waals surface area contributed by atoms with Crippen LogP contribution in [0, 0.1) is 5.92 Å². The van der Waals surface area contributed by atoms with Crippen molar-refractivity contribution in [2.45, 2.75) is 19.9 Å². The lowest BCUT2D eigenvalue weighted by molar-refractivity contribution is -0.121. The number of carbonyl (C=O) groups excluding carboxylic acids is 2. The first kappa shape index (κ1) is 17.7. The van der Waals surface area contributed by atoms with E-state index in [4.69, 9.17) is 0 Å². The van der Waals surface area contributed by atoms with Crippen LogP contribution in [-0.4, -0.2) is 18.4 Å². The van der Waals surface area contributed by atoms with E-state index in [2.05, 4.69) is 40.4 Å². The summed E-state index contributed by atoms with van der Waals surface area (Å²) in [6, 6.07) is 10.9. The summed E-state index contributed by atoms with van der Waals surface area (Å²) in [6.07, 6.45) is 0. The quantitative estimate of drug-likeness (QED) is 0.783. The molecule has 2 amide bonds. The highest BCUT2D eigenvalue weighted by molar-refractivity contribution is 9.10. The van der Waals surface area contributed by atoms with E-state index in [1.165, 1.54) is 0 Å². The molecule has 1 atom stereocenters. The van der Waals surface area contributed by atoms with E-state index < -0.39 is 0 Å². The highest BCUT2D eigenvalue weighted by atomic mass is 79.9. The number of halogens is 1. The van der Waals surface area contributed by atoms with Gasteiger partial charge in [-0.3, -0.25) is 9.59 Å². The molecule has 0 radical (unpaired) electrons. The number of nitrogens with one attached hydrogen (secondary N) is 2. The average molecular weight is 395 g/mol. The molecule has 2 aromatic rings. The van der Waals surface area contributed by atoms with E-state index in [-0.39, 0.29) is 30.3 Å². The van der Waals surface area contributed by atoms with E-state index in [0.717, 1.165) is 9.35 Å². The summed E-state index contributed by atoms with van der Waals surface area (Å²) in [5.41, 5.74) is 0.527. The number of thiophene rings is 1. The normalized spacial score (nSPS) is 12.0. The number of carbonyl (C=O) groups is 2. The highest BCUT2D eigenvalue weighted by Gasteiger charge is 2.19. The Hall–Kier alpha value is -1.66. The maximum absolute atomic E-state index is 12.1. The Kier molecular flexibility index (Phi) is 6.36. The third-order valence-corrected chi connectivity index (χ3v) is 4.83. The zero-order valence-electron chi connectivity index (χ0n) is 13.0. The first-order valence-electron chi connectivity index (χ1n) is 7.34. The van der Waals surface area contributed by atoms with Crippen molar-refractivity contribution in [3.05, 3.63) is 56.7 Å². The second-order valence-corrected chi connectivity index (χ2v) is 7.39. The standard InChI is InChI=1S/C17H19BrN2O2S/c1-11(2)16(14-4-3-9-23-14)20-15(21)10-19-17(22)12-5-7-13(18)8-6-12/h3-9,11,16H,10H2,1-2H3,(H,19,22)(H,20,21)/t16-/m1/s1. The van der Waals surface area contributed by atoms with Gasteiger partial charge in [0.1, 0.15) is 0 Å². The van der Waals surface area contributed by atoms with Crippen LogP contribution in [0.3, 0.4) is 0 Å². The molecule has 1 heterocycles. The van der Waals surface area contributed by atoms with Gasteiger partial charge in [-0.2, -0.15) is 0 Å². The van der Waals surface area contributed by atoms with Gasteiger partial charge in [-0.25, -0.2) is 0 Å². The van der Waals surface area contributed by atoms with Crippen LogP contribution in [0.5, 0.6) is 0 Å². The summed E-state index contributed by atoms with van der Waals surface area (Å²) in [6.45, 7) is 4.08. The van der Waals surface area contributed by atoms with Gasteiger partial charge < -0.3 is 10.6 Å². The van der Waals surface area contributed by atoms with Crippen LogP contribution in [-0.2, 0) is 4.79 Å². The monoisotopic (exact) mass is 394 g/mol. The number of hydrogen-bond acceptors (Lipinski definition) is 3. The van der Waals surface area contributed by atoms with Crippen molar-refractivity contribution in [2.24, 2.45) is 5.92 Å². The fourth-order valence-corrected chi connectivity index (χ4v) is 3.34. The Bertz CT molecular complexity index is 654. The second kappa shape index (κ2) is 8.26. The van der Waals surface area contributed by atoms with Crippen molar-refractivity contribution in [1.82, 2.24) is 10.6 Å². The minimum absolute atomic E-state index is 0.0351. The van der Waals surface area contributed by atoms with Gasteiger partial charge in [0.15, 0.2) is 0 Å². The van der Waals surface area contributed by atoms with Crippen LogP contribution in [0.1, 0.15) is 35.1 Å². The first-order chi connectivity index (χ1) is 11.0.